The molecule has 0 aliphatic heterocycles. The van der Waals surface area contributed by atoms with Crippen LogP contribution in [0.5, 0.6) is 5.75 Å². The second-order valence-electron chi connectivity index (χ2n) is 5.19. The highest BCUT2D eigenvalue weighted by atomic mass is 35.5. The SMILES string of the molecule is COc1ccc(NC(=O)N(C)CC(=O)Nc2ccc(Cl)c(Cl)c2)cc1. The Morgan fingerprint density at radius 3 is 2.24 bits per heavy atom. The van der Waals surface area contributed by atoms with Crippen molar-refractivity contribution in [1.29, 1.82) is 0 Å². The maximum Gasteiger partial charge on any atom is 0.322 e. The molecule has 0 saturated heterocycles. The minimum atomic E-state index is -0.408. The highest BCUT2D eigenvalue weighted by molar-refractivity contribution is 6.42. The predicted octanol–water partition coefficient (Wildman–Crippen LogP) is 4.10. The average molecular weight is 382 g/mol. The maximum absolute atomic E-state index is 12.1. The quantitative estimate of drug-likeness (QED) is 0.818. The molecular formula is C17H17Cl2N3O3. The summed E-state index contributed by atoms with van der Waals surface area (Å²) in [5.74, 6) is 0.332. The number of hydrogen-bond acceptors (Lipinski definition) is 3. The number of halogens is 2. The van der Waals surface area contributed by atoms with E-state index in [1.54, 1.807) is 49.6 Å². The molecule has 0 aliphatic rings. The molecule has 0 bridgehead atoms. The molecule has 2 rings (SSSR count). The van der Waals surface area contributed by atoms with Crippen LogP contribution in [0.4, 0.5) is 16.2 Å². The number of rotatable bonds is 5. The molecule has 3 amide bonds. The molecule has 132 valence electrons. The lowest BCUT2D eigenvalue weighted by Crippen LogP contribution is -2.37. The van der Waals surface area contributed by atoms with Crippen LogP contribution < -0.4 is 15.4 Å². The second kappa shape index (κ2) is 8.60. The van der Waals surface area contributed by atoms with Crippen molar-refractivity contribution < 1.29 is 14.3 Å². The summed E-state index contributed by atoms with van der Waals surface area (Å²) in [6.45, 7) is -0.123. The number of carbonyl (C=O) groups is 2. The fourth-order valence-corrected chi connectivity index (χ4v) is 2.25. The van der Waals surface area contributed by atoms with Crippen LogP contribution in [0.3, 0.4) is 0 Å². The van der Waals surface area contributed by atoms with E-state index in [2.05, 4.69) is 10.6 Å². The van der Waals surface area contributed by atoms with E-state index in [-0.39, 0.29) is 12.5 Å². The van der Waals surface area contributed by atoms with Gasteiger partial charge in [-0.2, -0.15) is 0 Å². The lowest BCUT2D eigenvalue weighted by atomic mass is 10.3. The zero-order chi connectivity index (χ0) is 18.4. The first kappa shape index (κ1) is 18.9. The Bertz CT molecular complexity index is 766. The summed E-state index contributed by atoms with van der Waals surface area (Å²) in [5, 5.41) is 6.08. The highest BCUT2D eigenvalue weighted by Gasteiger charge is 2.13. The second-order valence-corrected chi connectivity index (χ2v) is 6.01. The van der Waals surface area contributed by atoms with E-state index in [0.29, 0.717) is 27.2 Å². The number of nitrogens with one attached hydrogen (secondary N) is 2. The summed E-state index contributed by atoms with van der Waals surface area (Å²) in [5.41, 5.74) is 1.10. The number of likely N-dealkylation sites (N-methyl/N-ethyl adjacent to an activating group) is 1. The van der Waals surface area contributed by atoms with E-state index < -0.39 is 6.03 Å². The van der Waals surface area contributed by atoms with Gasteiger partial charge in [0.05, 0.1) is 17.2 Å². The minimum absolute atomic E-state index is 0.123. The zero-order valence-electron chi connectivity index (χ0n) is 13.7. The van der Waals surface area contributed by atoms with Crippen LogP contribution >= 0.6 is 23.2 Å². The van der Waals surface area contributed by atoms with Crippen molar-refractivity contribution in [2.24, 2.45) is 0 Å². The summed E-state index contributed by atoms with van der Waals surface area (Å²) < 4.78 is 5.05. The number of hydrogen-bond donors (Lipinski definition) is 2. The van der Waals surface area contributed by atoms with Crippen molar-refractivity contribution in [1.82, 2.24) is 4.90 Å². The molecule has 0 unspecified atom stereocenters. The summed E-state index contributed by atoms with van der Waals surface area (Å²) >= 11 is 11.7. The minimum Gasteiger partial charge on any atom is -0.497 e. The van der Waals surface area contributed by atoms with Gasteiger partial charge in [0.2, 0.25) is 5.91 Å². The topological polar surface area (TPSA) is 70.7 Å². The van der Waals surface area contributed by atoms with Crippen LogP contribution in [0.2, 0.25) is 10.0 Å². The Kier molecular flexibility index (Phi) is 6.50. The number of urea groups is 1. The number of ether oxygens (including phenoxy) is 1. The Balaban J connectivity index is 1.88. The van der Waals surface area contributed by atoms with Crippen LogP contribution in [0, 0.1) is 0 Å². The van der Waals surface area contributed by atoms with E-state index in [1.807, 2.05) is 0 Å². The predicted molar refractivity (Wildman–Crippen MR) is 99.7 cm³/mol. The lowest BCUT2D eigenvalue weighted by Gasteiger charge is -2.18. The average Bonchev–Trinajstić information content (AvgIpc) is 2.58. The van der Waals surface area contributed by atoms with Gasteiger partial charge in [0.1, 0.15) is 12.3 Å². The molecule has 8 heteroatoms. The van der Waals surface area contributed by atoms with E-state index in [0.717, 1.165) is 0 Å². The Morgan fingerprint density at radius 2 is 1.64 bits per heavy atom. The molecule has 0 radical (unpaired) electrons. The third kappa shape index (κ3) is 5.55. The van der Waals surface area contributed by atoms with Crippen LogP contribution in [0.15, 0.2) is 42.5 Å². The Labute approximate surface area is 155 Å². The summed E-state index contributed by atoms with van der Waals surface area (Å²) in [6, 6.07) is 11.2. The van der Waals surface area contributed by atoms with E-state index in [9.17, 15) is 9.59 Å². The van der Waals surface area contributed by atoms with Gasteiger partial charge in [-0.3, -0.25) is 4.79 Å². The van der Waals surface area contributed by atoms with Crippen molar-refractivity contribution in [3.63, 3.8) is 0 Å². The first-order valence-corrected chi connectivity index (χ1v) is 8.05. The molecule has 0 fully saturated rings. The molecule has 0 spiro atoms. The standard InChI is InChI=1S/C17H17Cl2N3O3/c1-22(17(24)21-11-3-6-13(25-2)7-4-11)10-16(23)20-12-5-8-14(18)15(19)9-12/h3-9H,10H2,1-2H3,(H,20,23)(H,21,24). The molecule has 2 aromatic carbocycles. The molecule has 0 aromatic heterocycles. The number of methoxy groups -OCH3 is 1. The van der Waals surface area contributed by atoms with Gasteiger partial charge >= 0.3 is 6.03 Å². The van der Waals surface area contributed by atoms with Gasteiger partial charge in [-0.05, 0) is 42.5 Å². The molecular weight excluding hydrogens is 365 g/mol. The Morgan fingerprint density at radius 1 is 1.00 bits per heavy atom. The molecule has 2 aromatic rings. The summed E-state index contributed by atoms with van der Waals surface area (Å²) in [4.78, 5) is 25.4. The van der Waals surface area contributed by atoms with Gasteiger partial charge in [-0.25, -0.2) is 4.79 Å². The summed E-state index contributed by atoms with van der Waals surface area (Å²) in [7, 11) is 3.08. The van der Waals surface area contributed by atoms with Crippen molar-refractivity contribution in [2.45, 2.75) is 0 Å². The highest BCUT2D eigenvalue weighted by Crippen LogP contribution is 2.25. The smallest absolute Gasteiger partial charge is 0.322 e. The van der Waals surface area contributed by atoms with E-state index >= 15 is 0 Å². The molecule has 6 nitrogen and oxygen atoms in total. The molecule has 25 heavy (non-hydrogen) atoms. The monoisotopic (exact) mass is 381 g/mol. The molecule has 0 atom stereocenters. The number of nitrogens with zero attached hydrogens (tertiary/aromatic N) is 1. The van der Waals surface area contributed by atoms with Crippen molar-refractivity contribution in [2.75, 3.05) is 31.3 Å². The zero-order valence-corrected chi connectivity index (χ0v) is 15.2. The molecule has 2 N–H and O–H groups in total. The normalized spacial score (nSPS) is 10.1. The van der Waals surface area contributed by atoms with Gasteiger partial charge in [-0.1, -0.05) is 23.2 Å². The van der Waals surface area contributed by atoms with Gasteiger partial charge < -0.3 is 20.3 Å². The number of anilines is 2. The molecule has 0 saturated carbocycles. The fraction of sp³-hybridized carbons (Fsp3) is 0.176. The van der Waals surface area contributed by atoms with Crippen LogP contribution in [-0.2, 0) is 4.79 Å². The van der Waals surface area contributed by atoms with Crippen molar-refractivity contribution in [3.05, 3.63) is 52.5 Å². The van der Waals surface area contributed by atoms with Crippen molar-refractivity contribution >= 4 is 46.5 Å². The summed E-state index contributed by atoms with van der Waals surface area (Å²) in [6.07, 6.45) is 0. The van der Waals surface area contributed by atoms with E-state index in [1.165, 1.54) is 11.9 Å². The van der Waals surface area contributed by atoms with E-state index in [4.69, 9.17) is 27.9 Å². The van der Waals surface area contributed by atoms with Crippen LogP contribution in [0.1, 0.15) is 0 Å². The third-order valence-corrected chi connectivity index (χ3v) is 4.01. The first-order chi connectivity index (χ1) is 11.9. The molecule has 0 heterocycles. The third-order valence-electron chi connectivity index (χ3n) is 3.27. The Hall–Kier alpha value is -2.44. The van der Waals surface area contributed by atoms with Gasteiger partial charge in [0.25, 0.3) is 0 Å². The first-order valence-electron chi connectivity index (χ1n) is 7.30. The maximum atomic E-state index is 12.1. The fourth-order valence-electron chi connectivity index (χ4n) is 1.95. The van der Waals surface area contributed by atoms with Gasteiger partial charge in [0, 0.05) is 18.4 Å². The van der Waals surface area contributed by atoms with Gasteiger partial charge in [0.15, 0.2) is 0 Å². The number of benzene rings is 2. The number of carbonyl (C=O) groups excluding carboxylic acids is 2. The van der Waals surface area contributed by atoms with Crippen molar-refractivity contribution in [3.8, 4) is 5.75 Å². The lowest BCUT2D eigenvalue weighted by molar-refractivity contribution is -0.116. The van der Waals surface area contributed by atoms with Crippen LogP contribution in [-0.4, -0.2) is 37.5 Å². The number of amides is 3. The van der Waals surface area contributed by atoms with Crippen LogP contribution in [0.25, 0.3) is 0 Å². The van der Waals surface area contributed by atoms with Gasteiger partial charge in [-0.15, -0.1) is 0 Å². The largest absolute Gasteiger partial charge is 0.497 e. The molecule has 0 aliphatic carbocycles.